The van der Waals surface area contributed by atoms with Crippen LogP contribution in [0.3, 0.4) is 0 Å². The number of piperidine rings is 1. The lowest BCUT2D eigenvalue weighted by Crippen LogP contribution is -2.46. The Morgan fingerprint density at radius 2 is 1.60 bits per heavy atom. The molecule has 1 aromatic carbocycles. The number of carbonyl (C=O) groups is 2. The minimum absolute atomic E-state index is 0.0152. The van der Waals surface area contributed by atoms with Crippen LogP contribution < -0.4 is 15.5 Å². The lowest BCUT2D eigenvalue weighted by Gasteiger charge is -2.35. The summed E-state index contributed by atoms with van der Waals surface area (Å²) in [4.78, 5) is 30.0. The average Bonchev–Trinajstić information content (AvgIpc) is 3.49. The summed E-state index contributed by atoms with van der Waals surface area (Å²) in [6.07, 6.45) is 8.88. The lowest BCUT2D eigenvalue weighted by atomic mass is 10.0. The number of likely N-dealkylation sites (tertiary alicyclic amines) is 1. The fraction of sp³-hybridized carbons (Fsp3) is 0.667. The second-order valence-electron chi connectivity index (χ2n) is 9.07. The van der Waals surface area contributed by atoms with Crippen molar-refractivity contribution in [2.75, 3.05) is 44.2 Å². The van der Waals surface area contributed by atoms with Crippen LogP contribution in [0.1, 0.15) is 61.7 Å². The van der Waals surface area contributed by atoms with Crippen LogP contribution in [0.25, 0.3) is 0 Å². The van der Waals surface area contributed by atoms with E-state index in [-0.39, 0.29) is 23.8 Å². The third-order valence-electron chi connectivity index (χ3n) is 6.97. The molecule has 3 fully saturated rings. The molecule has 0 radical (unpaired) electrons. The first-order chi connectivity index (χ1) is 14.7. The highest BCUT2D eigenvalue weighted by atomic mass is 16.2. The van der Waals surface area contributed by atoms with Crippen molar-refractivity contribution in [2.24, 2.45) is 5.92 Å². The second-order valence-corrected chi connectivity index (χ2v) is 9.07. The van der Waals surface area contributed by atoms with Gasteiger partial charge in [0.15, 0.2) is 0 Å². The van der Waals surface area contributed by atoms with Gasteiger partial charge in [-0.2, -0.15) is 0 Å². The van der Waals surface area contributed by atoms with Crippen molar-refractivity contribution >= 4 is 17.5 Å². The van der Waals surface area contributed by atoms with Gasteiger partial charge in [0.2, 0.25) is 5.91 Å². The van der Waals surface area contributed by atoms with Crippen LogP contribution in [0.4, 0.5) is 5.69 Å². The SMILES string of the molecule is O=C(NCCN1CCCC1)c1ccccc1N1CCC(NC(=O)C2CCCC2)CC1. The van der Waals surface area contributed by atoms with E-state index in [2.05, 4.69) is 20.4 Å². The van der Waals surface area contributed by atoms with E-state index in [1.807, 2.05) is 24.3 Å². The molecule has 30 heavy (non-hydrogen) atoms. The number of amides is 2. The molecule has 0 bridgehead atoms. The molecule has 0 unspecified atom stereocenters. The number of nitrogens with one attached hydrogen (secondary N) is 2. The number of para-hydroxylation sites is 1. The molecule has 2 saturated heterocycles. The van der Waals surface area contributed by atoms with Crippen molar-refractivity contribution in [2.45, 2.75) is 57.4 Å². The highest BCUT2D eigenvalue weighted by Crippen LogP contribution is 2.27. The van der Waals surface area contributed by atoms with Gasteiger partial charge >= 0.3 is 0 Å². The Morgan fingerprint density at radius 3 is 2.33 bits per heavy atom. The molecule has 3 aliphatic rings. The van der Waals surface area contributed by atoms with E-state index in [0.717, 1.165) is 69.7 Å². The molecular formula is C24H36N4O2. The van der Waals surface area contributed by atoms with E-state index in [0.29, 0.717) is 6.54 Å². The molecule has 2 heterocycles. The van der Waals surface area contributed by atoms with Crippen molar-refractivity contribution in [3.05, 3.63) is 29.8 Å². The first-order valence-corrected chi connectivity index (χ1v) is 11.9. The van der Waals surface area contributed by atoms with E-state index in [1.54, 1.807) is 0 Å². The van der Waals surface area contributed by atoms with Gasteiger partial charge in [-0.1, -0.05) is 25.0 Å². The topological polar surface area (TPSA) is 64.7 Å². The summed E-state index contributed by atoms with van der Waals surface area (Å²) in [7, 11) is 0. The minimum atomic E-state index is 0.0152. The molecule has 2 amide bonds. The van der Waals surface area contributed by atoms with Gasteiger partial charge in [-0.05, 0) is 63.7 Å². The third kappa shape index (κ3) is 5.34. The smallest absolute Gasteiger partial charge is 0.253 e. The third-order valence-corrected chi connectivity index (χ3v) is 6.97. The second kappa shape index (κ2) is 10.3. The van der Waals surface area contributed by atoms with Crippen molar-refractivity contribution < 1.29 is 9.59 Å². The van der Waals surface area contributed by atoms with Gasteiger partial charge in [0.05, 0.1) is 5.56 Å². The highest BCUT2D eigenvalue weighted by molar-refractivity contribution is 5.99. The van der Waals surface area contributed by atoms with E-state index >= 15 is 0 Å². The maximum absolute atomic E-state index is 12.8. The molecule has 0 atom stereocenters. The van der Waals surface area contributed by atoms with Gasteiger partial charge < -0.3 is 20.4 Å². The Morgan fingerprint density at radius 1 is 0.900 bits per heavy atom. The molecule has 2 N–H and O–H groups in total. The number of rotatable bonds is 7. The Hall–Kier alpha value is -2.08. The highest BCUT2D eigenvalue weighted by Gasteiger charge is 2.27. The molecule has 1 aromatic rings. The predicted molar refractivity (Wildman–Crippen MR) is 120 cm³/mol. The van der Waals surface area contributed by atoms with Crippen LogP contribution in [-0.2, 0) is 4.79 Å². The van der Waals surface area contributed by atoms with Crippen LogP contribution in [0, 0.1) is 5.92 Å². The van der Waals surface area contributed by atoms with E-state index in [9.17, 15) is 9.59 Å². The predicted octanol–water partition coefficient (Wildman–Crippen LogP) is 2.79. The number of hydrogen-bond acceptors (Lipinski definition) is 4. The van der Waals surface area contributed by atoms with Crippen molar-refractivity contribution in [3.63, 3.8) is 0 Å². The van der Waals surface area contributed by atoms with Gasteiger partial charge in [0, 0.05) is 43.8 Å². The standard InChI is InChI=1S/C24H36N4O2/c29-23(19-7-1-2-8-19)26-20-11-16-28(17-12-20)22-10-4-3-9-21(22)24(30)25-13-18-27-14-5-6-15-27/h3-4,9-10,19-20H,1-2,5-8,11-18H2,(H,25,30)(H,26,29). The summed E-state index contributed by atoms with van der Waals surface area (Å²) in [6, 6.07) is 8.18. The van der Waals surface area contributed by atoms with Crippen LogP contribution in [-0.4, -0.2) is 62.0 Å². The van der Waals surface area contributed by atoms with E-state index in [1.165, 1.54) is 25.7 Å². The average molecular weight is 413 g/mol. The molecule has 0 spiro atoms. The summed E-state index contributed by atoms with van der Waals surface area (Å²) >= 11 is 0. The van der Waals surface area contributed by atoms with Crippen LogP contribution in [0.15, 0.2) is 24.3 Å². The molecule has 0 aromatic heterocycles. The van der Waals surface area contributed by atoms with Crippen LogP contribution in [0.5, 0.6) is 0 Å². The maximum atomic E-state index is 12.8. The summed E-state index contributed by atoms with van der Waals surface area (Å²) in [5, 5.41) is 6.38. The summed E-state index contributed by atoms with van der Waals surface area (Å²) in [6.45, 7) is 5.67. The normalized spacial score (nSPS) is 21.1. The zero-order valence-corrected chi connectivity index (χ0v) is 18.1. The monoisotopic (exact) mass is 412 g/mol. The fourth-order valence-electron chi connectivity index (χ4n) is 5.14. The first-order valence-electron chi connectivity index (χ1n) is 11.9. The van der Waals surface area contributed by atoms with E-state index in [4.69, 9.17) is 0 Å². The van der Waals surface area contributed by atoms with Crippen LogP contribution >= 0.6 is 0 Å². The molecule has 1 saturated carbocycles. The zero-order chi connectivity index (χ0) is 20.8. The van der Waals surface area contributed by atoms with Gasteiger partial charge in [0.1, 0.15) is 0 Å². The van der Waals surface area contributed by atoms with Gasteiger partial charge in [-0.25, -0.2) is 0 Å². The maximum Gasteiger partial charge on any atom is 0.253 e. The van der Waals surface area contributed by atoms with Crippen molar-refractivity contribution in [3.8, 4) is 0 Å². The molecule has 1 aliphatic carbocycles. The molecule has 2 aliphatic heterocycles. The van der Waals surface area contributed by atoms with Crippen molar-refractivity contribution in [1.82, 2.24) is 15.5 Å². The molecule has 6 nitrogen and oxygen atoms in total. The molecule has 164 valence electrons. The number of nitrogens with zero attached hydrogens (tertiary/aromatic N) is 2. The quantitative estimate of drug-likeness (QED) is 0.723. The number of hydrogen-bond donors (Lipinski definition) is 2. The largest absolute Gasteiger partial charge is 0.371 e. The van der Waals surface area contributed by atoms with Gasteiger partial charge in [-0.3, -0.25) is 9.59 Å². The molecule has 6 heteroatoms. The summed E-state index contributed by atoms with van der Waals surface area (Å²) in [5.41, 5.74) is 1.77. The Bertz CT molecular complexity index is 718. The minimum Gasteiger partial charge on any atom is -0.371 e. The van der Waals surface area contributed by atoms with Gasteiger partial charge in [-0.15, -0.1) is 0 Å². The van der Waals surface area contributed by atoms with Gasteiger partial charge in [0.25, 0.3) is 5.91 Å². The first kappa shape index (κ1) is 21.2. The molecule has 4 rings (SSSR count). The fourth-order valence-corrected chi connectivity index (χ4v) is 5.14. The van der Waals surface area contributed by atoms with E-state index < -0.39 is 0 Å². The Labute approximate surface area is 180 Å². The number of benzene rings is 1. The summed E-state index contributed by atoms with van der Waals surface area (Å²) in [5.74, 6) is 0.498. The number of carbonyl (C=O) groups excluding carboxylic acids is 2. The summed E-state index contributed by atoms with van der Waals surface area (Å²) < 4.78 is 0. The lowest BCUT2D eigenvalue weighted by molar-refractivity contribution is -0.125. The van der Waals surface area contributed by atoms with Crippen molar-refractivity contribution in [1.29, 1.82) is 0 Å². The zero-order valence-electron chi connectivity index (χ0n) is 18.1. The Balaban J connectivity index is 1.28. The Kier molecular flexibility index (Phi) is 7.26. The molecular weight excluding hydrogens is 376 g/mol. The number of anilines is 1. The van der Waals surface area contributed by atoms with Crippen LogP contribution in [0.2, 0.25) is 0 Å².